The molecule has 1 heterocycles. The van der Waals surface area contributed by atoms with Crippen LogP contribution in [-0.2, 0) is 21.4 Å². The summed E-state index contributed by atoms with van der Waals surface area (Å²) in [7, 11) is 1.45. The third kappa shape index (κ3) is 3.98. The Morgan fingerprint density at radius 2 is 1.72 bits per heavy atom. The minimum atomic E-state index is -0.138. The van der Waals surface area contributed by atoms with Crippen LogP contribution in [0, 0.1) is 20.8 Å². The summed E-state index contributed by atoms with van der Waals surface area (Å²) in [4.78, 5) is 14.2. The summed E-state index contributed by atoms with van der Waals surface area (Å²) < 4.78 is 4.79. The molecular weight excluding hydrogens is 328 g/mol. The average molecular weight is 359 g/mol. The Bertz CT molecular complexity index is 738. The zero-order chi connectivity index (χ0) is 18.6. The number of rotatable bonds is 7. The molecule has 3 heteroatoms. The van der Waals surface area contributed by atoms with E-state index in [0.717, 1.165) is 19.3 Å². The van der Waals surface area contributed by atoms with Gasteiger partial charge in [0, 0.05) is 15.2 Å². The lowest BCUT2D eigenvalue weighted by atomic mass is 9.74. The molecule has 0 spiro atoms. The lowest BCUT2D eigenvalue weighted by molar-refractivity contribution is -0.140. The van der Waals surface area contributed by atoms with Gasteiger partial charge in [-0.2, -0.15) is 0 Å². The molecule has 136 valence electrons. The van der Waals surface area contributed by atoms with Gasteiger partial charge in [-0.1, -0.05) is 32.0 Å². The minimum Gasteiger partial charge on any atom is -0.469 e. The molecule has 0 saturated carbocycles. The van der Waals surface area contributed by atoms with E-state index >= 15 is 0 Å². The van der Waals surface area contributed by atoms with Gasteiger partial charge in [0.25, 0.3) is 0 Å². The van der Waals surface area contributed by atoms with Crippen LogP contribution >= 0.6 is 11.3 Å². The Balaban J connectivity index is 2.43. The molecule has 0 saturated heterocycles. The minimum absolute atomic E-state index is 0.0530. The van der Waals surface area contributed by atoms with E-state index in [1.165, 1.54) is 39.1 Å². The van der Waals surface area contributed by atoms with Crippen LogP contribution < -0.4 is 0 Å². The van der Waals surface area contributed by atoms with Crippen molar-refractivity contribution in [1.29, 1.82) is 0 Å². The molecule has 1 aromatic heterocycles. The first kappa shape index (κ1) is 19.7. The summed E-state index contributed by atoms with van der Waals surface area (Å²) in [5.74, 6) is -0.138. The van der Waals surface area contributed by atoms with Crippen LogP contribution in [0.1, 0.15) is 65.1 Å². The molecule has 0 aliphatic carbocycles. The molecule has 0 aliphatic rings. The van der Waals surface area contributed by atoms with Gasteiger partial charge in [-0.15, -0.1) is 11.3 Å². The highest BCUT2D eigenvalue weighted by atomic mass is 32.1. The molecule has 0 atom stereocenters. The van der Waals surface area contributed by atoms with Gasteiger partial charge in [0.15, 0.2) is 0 Å². The van der Waals surface area contributed by atoms with Crippen LogP contribution in [-0.4, -0.2) is 13.1 Å². The van der Waals surface area contributed by atoms with Crippen LogP contribution in [0.4, 0.5) is 0 Å². The van der Waals surface area contributed by atoms with Crippen molar-refractivity contribution in [3.05, 3.63) is 56.3 Å². The standard InChI is InChI=1S/C22H30O2S/c1-7-22(8-2,18-10-9-15(3)16(4)13-18)20-14-17(5)19(25-20)11-12-21(23)24-6/h9-10,13-14H,7-8,11-12H2,1-6H3. The van der Waals surface area contributed by atoms with Gasteiger partial charge in [0.1, 0.15) is 0 Å². The first-order chi connectivity index (χ1) is 11.9. The Kier molecular flexibility index (Phi) is 6.45. The lowest BCUT2D eigenvalue weighted by Gasteiger charge is -2.32. The van der Waals surface area contributed by atoms with E-state index in [1.54, 1.807) is 0 Å². The van der Waals surface area contributed by atoms with Crippen LogP contribution in [0.15, 0.2) is 24.3 Å². The molecule has 0 N–H and O–H groups in total. The molecule has 0 bridgehead atoms. The smallest absolute Gasteiger partial charge is 0.305 e. The summed E-state index contributed by atoms with van der Waals surface area (Å²) in [6, 6.07) is 9.22. The number of ether oxygens (including phenoxy) is 1. The SMILES string of the molecule is CCC(CC)(c1ccc(C)c(C)c1)c1cc(C)c(CCC(=O)OC)s1. The molecule has 0 unspecified atom stereocenters. The topological polar surface area (TPSA) is 26.3 Å². The largest absolute Gasteiger partial charge is 0.469 e. The van der Waals surface area contributed by atoms with Crippen molar-refractivity contribution in [3.63, 3.8) is 0 Å². The monoisotopic (exact) mass is 358 g/mol. The molecular formula is C22H30O2S. The van der Waals surface area contributed by atoms with E-state index < -0.39 is 0 Å². The first-order valence-corrected chi connectivity index (χ1v) is 9.94. The van der Waals surface area contributed by atoms with E-state index in [-0.39, 0.29) is 11.4 Å². The maximum Gasteiger partial charge on any atom is 0.305 e. The predicted molar refractivity (Wildman–Crippen MR) is 107 cm³/mol. The Morgan fingerprint density at radius 1 is 1.04 bits per heavy atom. The number of methoxy groups -OCH3 is 1. The van der Waals surface area contributed by atoms with Crippen molar-refractivity contribution in [2.75, 3.05) is 7.11 Å². The number of hydrogen-bond donors (Lipinski definition) is 0. The highest BCUT2D eigenvalue weighted by Gasteiger charge is 2.33. The van der Waals surface area contributed by atoms with Crippen molar-refractivity contribution < 1.29 is 9.53 Å². The number of carbonyl (C=O) groups is 1. The number of thiophene rings is 1. The van der Waals surface area contributed by atoms with Crippen LogP contribution in [0.25, 0.3) is 0 Å². The van der Waals surface area contributed by atoms with Gasteiger partial charge in [-0.3, -0.25) is 4.79 Å². The first-order valence-electron chi connectivity index (χ1n) is 9.12. The molecule has 2 rings (SSSR count). The normalized spacial score (nSPS) is 11.6. The maximum atomic E-state index is 11.5. The summed E-state index contributed by atoms with van der Waals surface area (Å²) in [5, 5.41) is 0. The molecule has 0 aliphatic heterocycles. The van der Waals surface area contributed by atoms with Gasteiger partial charge in [0.05, 0.1) is 13.5 Å². The molecule has 1 aromatic carbocycles. The van der Waals surface area contributed by atoms with Crippen LogP contribution in [0.2, 0.25) is 0 Å². The molecule has 25 heavy (non-hydrogen) atoms. The number of carbonyl (C=O) groups excluding carboxylic acids is 1. The number of esters is 1. The lowest BCUT2D eigenvalue weighted by Crippen LogP contribution is -2.25. The summed E-state index contributed by atoms with van der Waals surface area (Å²) in [6.45, 7) is 11.1. The Hall–Kier alpha value is -1.61. The second-order valence-corrected chi connectivity index (χ2v) is 8.02. The molecule has 2 nitrogen and oxygen atoms in total. The van der Waals surface area contributed by atoms with Crippen molar-refractivity contribution in [2.45, 2.75) is 65.7 Å². The van der Waals surface area contributed by atoms with Gasteiger partial charge < -0.3 is 4.74 Å². The fraction of sp³-hybridized carbons (Fsp3) is 0.500. The fourth-order valence-corrected chi connectivity index (χ4v) is 5.04. The van der Waals surface area contributed by atoms with Crippen molar-refractivity contribution in [1.82, 2.24) is 0 Å². The Morgan fingerprint density at radius 3 is 2.28 bits per heavy atom. The molecule has 2 aromatic rings. The summed E-state index contributed by atoms with van der Waals surface area (Å²) in [5.41, 5.74) is 5.44. The van der Waals surface area contributed by atoms with Crippen LogP contribution in [0.5, 0.6) is 0 Å². The van der Waals surface area contributed by atoms with Gasteiger partial charge in [-0.05, 0) is 68.4 Å². The number of benzene rings is 1. The second kappa shape index (κ2) is 8.18. The van der Waals surface area contributed by atoms with Crippen molar-refractivity contribution in [2.24, 2.45) is 0 Å². The third-order valence-electron chi connectivity index (χ3n) is 5.54. The van der Waals surface area contributed by atoms with Crippen molar-refractivity contribution >= 4 is 17.3 Å². The fourth-order valence-electron chi connectivity index (χ4n) is 3.51. The highest BCUT2D eigenvalue weighted by Crippen LogP contribution is 2.43. The Labute approximate surface area is 156 Å². The third-order valence-corrected chi connectivity index (χ3v) is 7.04. The second-order valence-electron chi connectivity index (χ2n) is 6.88. The molecule has 0 amide bonds. The molecule has 0 fully saturated rings. The summed E-state index contributed by atoms with van der Waals surface area (Å²) in [6.07, 6.45) is 3.36. The van der Waals surface area contributed by atoms with Crippen molar-refractivity contribution in [3.8, 4) is 0 Å². The summed E-state index contributed by atoms with van der Waals surface area (Å²) >= 11 is 1.87. The van der Waals surface area contributed by atoms with E-state index in [4.69, 9.17) is 4.74 Å². The van der Waals surface area contributed by atoms with Crippen LogP contribution in [0.3, 0.4) is 0 Å². The molecule has 0 radical (unpaired) electrons. The van der Waals surface area contributed by atoms with Gasteiger partial charge >= 0.3 is 5.97 Å². The quantitative estimate of drug-likeness (QED) is 0.577. The zero-order valence-electron chi connectivity index (χ0n) is 16.4. The van der Waals surface area contributed by atoms with Gasteiger partial charge in [0.2, 0.25) is 0 Å². The maximum absolute atomic E-state index is 11.5. The highest BCUT2D eigenvalue weighted by molar-refractivity contribution is 7.12. The average Bonchev–Trinajstić information content (AvgIpc) is 2.98. The van der Waals surface area contributed by atoms with Gasteiger partial charge in [-0.25, -0.2) is 0 Å². The number of hydrogen-bond acceptors (Lipinski definition) is 3. The van der Waals surface area contributed by atoms with E-state index in [9.17, 15) is 4.79 Å². The number of aryl methyl sites for hydroxylation is 4. The van der Waals surface area contributed by atoms with E-state index in [1.807, 2.05) is 11.3 Å². The zero-order valence-corrected chi connectivity index (χ0v) is 17.2. The predicted octanol–water partition coefficient (Wildman–Crippen LogP) is 5.89. The van der Waals surface area contributed by atoms with E-state index in [2.05, 4.69) is 58.9 Å². The van der Waals surface area contributed by atoms with E-state index in [0.29, 0.717) is 6.42 Å².